The van der Waals surface area contributed by atoms with Crippen LogP contribution in [0.1, 0.15) is 48.4 Å². The van der Waals surface area contributed by atoms with Gasteiger partial charge >= 0.3 is 0 Å². The van der Waals surface area contributed by atoms with E-state index < -0.39 is 0 Å². The SMILES string of the molecule is CCNC(=NCC(=O)N1CCc2sccc2C1)NCC(c1ccco1)N1CCCCC1.I. The Morgan fingerprint density at radius 1 is 1.22 bits per heavy atom. The third-order valence-corrected chi connectivity index (χ3v) is 7.07. The summed E-state index contributed by atoms with van der Waals surface area (Å²) in [5, 5.41) is 8.83. The number of carbonyl (C=O) groups is 1. The minimum absolute atomic E-state index is 0. The van der Waals surface area contributed by atoms with Crippen LogP contribution in [0.4, 0.5) is 0 Å². The van der Waals surface area contributed by atoms with Gasteiger partial charge in [0.1, 0.15) is 12.3 Å². The number of nitrogens with zero attached hydrogens (tertiary/aromatic N) is 3. The smallest absolute Gasteiger partial charge is 0.244 e. The monoisotopic (exact) mass is 571 g/mol. The summed E-state index contributed by atoms with van der Waals surface area (Å²) < 4.78 is 5.74. The number of likely N-dealkylation sites (tertiary alicyclic amines) is 1. The van der Waals surface area contributed by atoms with E-state index in [0.29, 0.717) is 19.0 Å². The average Bonchev–Trinajstić information content (AvgIpc) is 3.49. The van der Waals surface area contributed by atoms with Gasteiger partial charge in [-0.1, -0.05) is 6.42 Å². The van der Waals surface area contributed by atoms with Crippen LogP contribution in [-0.4, -0.2) is 60.9 Å². The van der Waals surface area contributed by atoms with Gasteiger partial charge in [0.2, 0.25) is 5.91 Å². The molecule has 1 atom stereocenters. The van der Waals surface area contributed by atoms with E-state index in [1.165, 1.54) is 29.7 Å². The number of piperidine rings is 1. The zero-order valence-electron chi connectivity index (χ0n) is 18.7. The Balaban J connectivity index is 0.00000289. The molecular weight excluding hydrogens is 537 g/mol. The predicted molar refractivity (Wildman–Crippen MR) is 140 cm³/mol. The van der Waals surface area contributed by atoms with Gasteiger partial charge in [-0.15, -0.1) is 35.3 Å². The summed E-state index contributed by atoms with van der Waals surface area (Å²) in [7, 11) is 0. The number of rotatable bonds is 7. The number of guanidine groups is 1. The Hall–Kier alpha value is -1.59. The van der Waals surface area contributed by atoms with Crippen LogP contribution in [0, 0.1) is 0 Å². The number of furan rings is 1. The fourth-order valence-corrected chi connectivity index (χ4v) is 5.25. The predicted octanol–water partition coefficient (Wildman–Crippen LogP) is 3.63. The first kappa shape index (κ1) is 25.0. The van der Waals surface area contributed by atoms with Crippen molar-refractivity contribution in [2.45, 2.75) is 45.2 Å². The van der Waals surface area contributed by atoms with Gasteiger partial charge in [0, 0.05) is 31.1 Å². The summed E-state index contributed by atoms with van der Waals surface area (Å²) in [6, 6.07) is 6.28. The van der Waals surface area contributed by atoms with E-state index in [2.05, 4.69) is 32.0 Å². The highest BCUT2D eigenvalue weighted by atomic mass is 127. The first-order valence-electron chi connectivity index (χ1n) is 11.4. The highest BCUT2D eigenvalue weighted by Gasteiger charge is 2.25. The van der Waals surface area contributed by atoms with Crippen LogP contribution in [0.25, 0.3) is 0 Å². The third kappa shape index (κ3) is 6.48. The molecule has 1 saturated heterocycles. The fourth-order valence-electron chi connectivity index (χ4n) is 4.36. The van der Waals surface area contributed by atoms with E-state index in [9.17, 15) is 4.79 Å². The van der Waals surface area contributed by atoms with Crippen molar-refractivity contribution in [2.24, 2.45) is 4.99 Å². The maximum Gasteiger partial charge on any atom is 0.244 e. The average molecular weight is 572 g/mol. The second-order valence-electron chi connectivity index (χ2n) is 8.14. The minimum Gasteiger partial charge on any atom is -0.468 e. The van der Waals surface area contributed by atoms with E-state index in [-0.39, 0.29) is 42.5 Å². The van der Waals surface area contributed by atoms with Gasteiger partial charge in [-0.2, -0.15) is 0 Å². The van der Waals surface area contributed by atoms with Crippen molar-refractivity contribution in [1.82, 2.24) is 20.4 Å². The van der Waals surface area contributed by atoms with Gasteiger partial charge in [0.15, 0.2) is 5.96 Å². The van der Waals surface area contributed by atoms with Crippen molar-refractivity contribution in [3.05, 3.63) is 46.0 Å². The van der Waals surface area contributed by atoms with Crippen molar-refractivity contribution < 1.29 is 9.21 Å². The van der Waals surface area contributed by atoms with Crippen LogP contribution in [0.3, 0.4) is 0 Å². The molecule has 1 amide bonds. The van der Waals surface area contributed by atoms with Crippen LogP contribution in [-0.2, 0) is 17.8 Å². The van der Waals surface area contributed by atoms with Crippen molar-refractivity contribution >= 4 is 47.2 Å². The molecule has 4 heterocycles. The first-order chi connectivity index (χ1) is 15.2. The maximum atomic E-state index is 12.8. The normalized spacial score (nSPS) is 17.9. The molecular formula is C23H34IN5O2S. The summed E-state index contributed by atoms with van der Waals surface area (Å²) in [6.45, 7) is 7.28. The van der Waals surface area contributed by atoms with Crippen molar-refractivity contribution in [3.63, 3.8) is 0 Å². The summed E-state index contributed by atoms with van der Waals surface area (Å²) in [5.74, 6) is 1.73. The number of halogens is 1. The van der Waals surface area contributed by atoms with E-state index >= 15 is 0 Å². The molecule has 2 N–H and O–H groups in total. The second-order valence-corrected chi connectivity index (χ2v) is 9.14. The van der Waals surface area contributed by atoms with Crippen molar-refractivity contribution in [2.75, 3.05) is 39.3 Å². The molecule has 0 spiro atoms. The lowest BCUT2D eigenvalue weighted by Crippen LogP contribution is -2.45. The molecule has 2 aromatic rings. The summed E-state index contributed by atoms with van der Waals surface area (Å²) >= 11 is 1.79. The molecule has 2 aromatic heterocycles. The number of hydrogen-bond acceptors (Lipinski definition) is 5. The molecule has 0 radical (unpaired) electrons. The minimum atomic E-state index is 0. The van der Waals surface area contributed by atoms with Crippen LogP contribution < -0.4 is 10.6 Å². The molecule has 0 saturated carbocycles. The number of carbonyl (C=O) groups excluding carboxylic acids is 1. The maximum absolute atomic E-state index is 12.8. The molecule has 32 heavy (non-hydrogen) atoms. The van der Waals surface area contributed by atoms with Crippen molar-refractivity contribution in [3.8, 4) is 0 Å². The van der Waals surface area contributed by atoms with E-state index in [4.69, 9.17) is 4.42 Å². The van der Waals surface area contributed by atoms with Gasteiger partial charge in [-0.3, -0.25) is 9.69 Å². The first-order valence-corrected chi connectivity index (χ1v) is 12.2. The molecule has 0 bridgehead atoms. The van der Waals surface area contributed by atoms with Crippen LogP contribution >= 0.6 is 35.3 Å². The van der Waals surface area contributed by atoms with Gasteiger partial charge < -0.3 is 20.0 Å². The van der Waals surface area contributed by atoms with E-state index in [1.54, 1.807) is 17.6 Å². The Morgan fingerprint density at radius 2 is 2.06 bits per heavy atom. The molecule has 9 heteroatoms. The topological polar surface area (TPSA) is 73.1 Å². The van der Waals surface area contributed by atoms with Crippen molar-refractivity contribution in [1.29, 1.82) is 0 Å². The molecule has 1 fully saturated rings. The molecule has 0 aliphatic carbocycles. The van der Waals surface area contributed by atoms with E-state index in [1.807, 2.05) is 24.0 Å². The number of amides is 1. The zero-order valence-corrected chi connectivity index (χ0v) is 21.9. The standard InChI is InChI=1S/C23H33N5O2S.HI/c1-2-24-23(26-16-22(29)28-12-8-21-18(17-28)9-14-31-21)25-15-19(20-7-6-13-30-20)27-10-4-3-5-11-27;/h6-7,9,13-14,19H,2-5,8,10-12,15-17H2,1H3,(H2,24,25,26);1H. The molecule has 1 unspecified atom stereocenters. The molecule has 7 nitrogen and oxygen atoms in total. The molecule has 176 valence electrons. The Bertz CT molecular complexity index is 864. The molecule has 2 aliphatic heterocycles. The summed E-state index contributed by atoms with van der Waals surface area (Å²) in [4.78, 5) is 23.1. The van der Waals surface area contributed by atoms with Gasteiger partial charge in [-0.05, 0) is 68.4 Å². The van der Waals surface area contributed by atoms with Crippen LogP contribution in [0.2, 0.25) is 0 Å². The highest BCUT2D eigenvalue weighted by molar-refractivity contribution is 14.0. The molecule has 0 aromatic carbocycles. The molecule has 4 rings (SSSR count). The highest BCUT2D eigenvalue weighted by Crippen LogP contribution is 2.25. The summed E-state index contributed by atoms with van der Waals surface area (Å²) in [6.07, 6.45) is 6.43. The zero-order chi connectivity index (χ0) is 21.5. The number of aliphatic imine (C=N–C) groups is 1. The van der Waals surface area contributed by atoms with Crippen LogP contribution in [0.15, 0.2) is 39.3 Å². The number of nitrogens with one attached hydrogen (secondary N) is 2. The van der Waals surface area contributed by atoms with Crippen LogP contribution in [0.5, 0.6) is 0 Å². The van der Waals surface area contributed by atoms with Gasteiger partial charge in [0.25, 0.3) is 0 Å². The lowest BCUT2D eigenvalue weighted by atomic mass is 10.1. The Labute approximate surface area is 211 Å². The number of fused-ring (bicyclic) bond motifs is 1. The largest absolute Gasteiger partial charge is 0.468 e. The third-order valence-electron chi connectivity index (χ3n) is 6.04. The van der Waals surface area contributed by atoms with E-state index in [0.717, 1.165) is 38.4 Å². The van der Waals surface area contributed by atoms with Gasteiger partial charge in [0.05, 0.1) is 12.3 Å². The lowest BCUT2D eigenvalue weighted by molar-refractivity contribution is -0.130. The molecule has 2 aliphatic rings. The number of thiophene rings is 1. The van der Waals surface area contributed by atoms with Gasteiger partial charge in [-0.25, -0.2) is 4.99 Å². The second kappa shape index (κ2) is 12.6. The Morgan fingerprint density at radius 3 is 2.81 bits per heavy atom. The summed E-state index contributed by atoms with van der Waals surface area (Å²) in [5.41, 5.74) is 1.28. The Kier molecular flexibility index (Phi) is 9.86. The fraction of sp³-hybridized carbons (Fsp3) is 0.565. The quantitative estimate of drug-likeness (QED) is 0.302. The lowest BCUT2D eigenvalue weighted by Gasteiger charge is -2.33. The number of hydrogen-bond donors (Lipinski definition) is 2.